The summed E-state index contributed by atoms with van der Waals surface area (Å²) in [6, 6.07) is 7.54. The van der Waals surface area contributed by atoms with Crippen molar-refractivity contribution < 1.29 is 9.59 Å². The number of fused-ring (bicyclic) bond motifs is 1. The largest absolute Gasteiger partial charge is 0.352 e. The molecule has 0 saturated heterocycles. The van der Waals surface area contributed by atoms with Gasteiger partial charge in [0.2, 0.25) is 0 Å². The number of likely N-dealkylation sites (N-methyl/N-ethyl adjacent to an activating group) is 1. The summed E-state index contributed by atoms with van der Waals surface area (Å²) in [7, 11) is 0. The van der Waals surface area contributed by atoms with Crippen molar-refractivity contribution in [1.82, 2.24) is 5.32 Å². The van der Waals surface area contributed by atoms with Gasteiger partial charge < -0.3 is 5.32 Å². The number of hydrogen-bond donors (Lipinski definition) is 1. The molecule has 1 aromatic rings. The quantitative estimate of drug-likeness (QED) is 0.812. The number of Topliss-reactive ketones (excluding diaryl/α,β-unsaturated/α-hetero) is 1. The van der Waals surface area contributed by atoms with E-state index in [2.05, 4.69) is 19.2 Å². The molecule has 2 rings (SSSR count). The van der Waals surface area contributed by atoms with Crippen molar-refractivity contribution in [2.45, 2.75) is 40.0 Å². The zero-order chi connectivity index (χ0) is 15.4. The molecule has 0 aliphatic heterocycles. The maximum Gasteiger partial charge on any atom is 0.255 e. The van der Waals surface area contributed by atoms with Gasteiger partial charge in [0.25, 0.3) is 5.91 Å². The van der Waals surface area contributed by atoms with Gasteiger partial charge in [-0.1, -0.05) is 44.5 Å². The first-order valence-corrected chi connectivity index (χ1v) is 7.71. The van der Waals surface area contributed by atoms with E-state index in [1.807, 2.05) is 31.2 Å². The fourth-order valence-electron chi connectivity index (χ4n) is 2.79. The van der Waals surface area contributed by atoms with Crippen LogP contribution in [-0.2, 0) is 4.79 Å². The fraction of sp³-hybridized carbons (Fsp3) is 0.444. The van der Waals surface area contributed by atoms with Crippen molar-refractivity contribution in [3.05, 3.63) is 41.0 Å². The van der Waals surface area contributed by atoms with Gasteiger partial charge in [0.05, 0.1) is 5.57 Å². The molecule has 0 unspecified atom stereocenters. The molecule has 3 nitrogen and oxygen atoms in total. The monoisotopic (exact) mass is 285 g/mol. The van der Waals surface area contributed by atoms with Crippen LogP contribution in [0.3, 0.4) is 0 Å². The summed E-state index contributed by atoms with van der Waals surface area (Å²) in [4.78, 5) is 24.7. The molecule has 1 aromatic carbocycles. The number of allylic oxidation sites excluding steroid dienone is 1. The van der Waals surface area contributed by atoms with Crippen LogP contribution in [-0.4, -0.2) is 18.2 Å². The zero-order valence-electron chi connectivity index (χ0n) is 13.0. The van der Waals surface area contributed by atoms with Gasteiger partial charge in [-0.25, -0.2) is 0 Å². The van der Waals surface area contributed by atoms with E-state index in [1.165, 1.54) is 0 Å². The number of rotatable bonds is 6. The Balaban J connectivity index is 2.34. The molecule has 1 aliphatic rings. The third-order valence-electron chi connectivity index (χ3n) is 3.80. The molecular weight excluding hydrogens is 262 g/mol. The summed E-state index contributed by atoms with van der Waals surface area (Å²) in [6.45, 7) is 6.77. The molecule has 1 amide bonds. The lowest BCUT2D eigenvalue weighted by Gasteiger charge is -2.09. The van der Waals surface area contributed by atoms with Crippen LogP contribution in [0.2, 0.25) is 0 Å². The fourth-order valence-corrected chi connectivity index (χ4v) is 2.79. The molecule has 0 aromatic heterocycles. The summed E-state index contributed by atoms with van der Waals surface area (Å²) in [5.41, 5.74) is 2.87. The molecule has 3 heteroatoms. The average molecular weight is 285 g/mol. The normalized spacial score (nSPS) is 13.8. The lowest BCUT2D eigenvalue weighted by Crippen LogP contribution is -2.27. The van der Waals surface area contributed by atoms with Crippen molar-refractivity contribution in [2.75, 3.05) is 6.54 Å². The molecule has 0 radical (unpaired) electrons. The van der Waals surface area contributed by atoms with Gasteiger partial charge in [0.15, 0.2) is 5.78 Å². The zero-order valence-corrected chi connectivity index (χ0v) is 13.0. The van der Waals surface area contributed by atoms with E-state index < -0.39 is 0 Å². The number of hydrogen-bond acceptors (Lipinski definition) is 2. The predicted molar refractivity (Wildman–Crippen MR) is 85.1 cm³/mol. The Labute approximate surface area is 126 Å². The van der Waals surface area contributed by atoms with Crippen LogP contribution in [0.1, 0.15) is 56.0 Å². The molecule has 1 aliphatic carbocycles. The standard InChI is InChI=1S/C18H23NO2/c1-4-19-18(21)16-14(11-7-8-12(2)3)13-9-5-6-10-15(13)17(16)20/h5-6,9-10,12H,4,7-8,11H2,1-3H3,(H,19,21). The first-order valence-electron chi connectivity index (χ1n) is 7.71. The third-order valence-corrected chi connectivity index (χ3v) is 3.80. The number of nitrogens with one attached hydrogen (secondary N) is 1. The van der Waals surface area contributed by atoms with Crippen molar-refractivity contribution >= 4 is 17.3 Å². The van der Waals surface area contributed by atoms with E-state index in [9.17, 15) is 9.59 Å². The molecule has 0 atom stereocenters. The van der Waals surface area contributed by atoms with Crippen molar-refractivity contribution in [1.29, 1.82) is 0 Å². The number of ketones is 1. The molecule has 0 spiro atoms. The lowest BCUT2D eigenvalue weighted by molar-refractivity contribution is -0.117. The molecule has 112 valence electrons. The minimum Gasteiger partial charge on any atom is -0.352 e. The van der Waals surface area contributed by atoms with Crippen LogP contribution in [0.5, 0.6) is 0 Å². The molecule has 0 heterocycles. The Morgan fingerprint density at radius 1 is 1.19 bits per heavy atom. The van der Waals surface area contributed by atoms with Crippen molar-refractivity contribution in [2.24, 2.45) is 5.92 Å². The second kappa shape index (κ2) is 6.70. The van der Waals surface area contributed by atoms with Crippen LogP contribution >= 0.6 is 0 Å². The van der Waals surface area contributed by atoms with E-state index in [1.54, 1.807) is 0 Å². The average Bonchev–Trinajstić information content (AvgIpc) is 2.72. The van der Waals surface area contributed by atoms with E-state index in [-0.39, 0.29) is 11.7 Å². The Morgan fingerprint density at radius 2 is 1.86 bits per heavy atom. The van der Waals surface area contributed by atoms with Gasteiger partial charge in [0, 0.05) is 12.1 Å². The topological polar surface area (TPSA) is 46.2 Å². The number of benzene rings is 1. The van der Waals surface area contributed by atoms with Crippen LogP contribution < -0.4 is 5.32 Å². The second-order valence-corrected chi connectivity index (χ2v) is 5.87. The lowest BCUT2D eigenvalue weighted by atomic mass is 9.97. The van der Waals surface area contributed by atoms with Gasteiger partial charge in [-0.3, -0.25) is 9.59 Å². The summed E-state index contributed by atoms with van der Waals surface area (Å²) in [5.74, 6) is 0.264. The highest BCUT2D eigenvalue weighted by Gasteiger charge is 2.32. The minimum atomic E-state index is -0.238. The van der Waals surface area contributed by atoms with Crippen LogP contribution in [0.4, 0.5) is 0 Å². The number of carbonyl (C=O) groups excluding carboxylic acids is 2. The van der Waals surface area contributed by atoms with Crippen molar-refractivity contribution in [3.63, 3.8) is 0 Å². The van der Waals surface area contributed by atoms with Crippen LogP contribution in [0, 0.1) is 5.92 Å². The highest BCUT2D eigenvalue weighted by molar-refractivity contribution is 6.34. The highest BCUT2D eigenvalue weighted by atomic mass is 16.2. The van der Waals surface area contributed by atoms with Crippen LogP contribution in [0.25, 0.3) is 5.57 Å². The molecule has 0 bridgehead atoms. The third kappa shape index (κ3) is 3.23. The highest BCUT2D eigenvalue weighted by Crippen LogP contribution is 2.36. The molecule has 0 saturated carbocycles. The molecule has 21 heavy (non-hydrogen) atoms. The Kier molecular flexibility index (Phi) is 4.94. The minimum absolute atomic E-state index is 0.129. The van der Waals surface area contributed by atoms with E-state index in [4.69, 9.17) is 0 Å². The van der Waals surface area contributed by atoms with E-state index >= 15 is 0 Å². The van der Waals surface area contributed by atoms with Crippen molar-refractivity contribution in [3.8, 4) is 0 Å². The summed E-state index contributed by atoms with van der Waals surface area (Å²) in [5, 5.41) is 2.76. The maximum atomic E-state index is 12.5. The van der Waals surface area contributed by atoms with Gasteiger partial charge in [-0.15, -0.1) is 0 Å². The first-order chi connectivity index (χ1) is 10.1. The Hall–Kier alpha value is -1.90. The van der Waals surface area contributed by atoms with Crippen LogP contribution in [0.15, 0.2) is 29.8 Å². The van der Waals surface area contributed by atoms with Gasteiger partial charge in [0.1, 0.15) is 0 Å². The summed E-state index contributed by atoms with van der Waals surface area (Å²) < 4.78 is 0. The number of amides is 1. The smallest absolute Gasteiger partial charge is 0.255 e. The Morgan fingerprint density at radius 3 is 2.48 bits per heavy atom. The van der Waals surface area contributed by atoms with E-state index in [0.29, 0.717) is 23.6 Å². The first kappa shape index (κ1) is 15.5. The number of carbonyl (C=O) groups is 2. The maximum absolute atomic E-state index is 12.5. The molecule has 1 N–H and O–H groups in total. The van der Waals surface area contributed by atoms with Gasteiger partial charge in [-0.2, -0.15) is 0 Å². The SMILES string of the molecule is CCNC(=O)C1=C(CCCC(C)C)c2ccccc2C1=O. The van der Waals surface area contributed by atoms with Gasteiger partial charge in [-0.05, 0) is 36.8 Å². The Bertz CT molecular complexity index is 585. The summed E-state index contributed by atoms with van der Waals surface area (Å²) >= 11 is 0. The predicted octanol–water partition coefficient (Wildman–Crippen LogP) is 3.60. The molecule has 0 fully saturated rings. The summed E-state index contributed by atoms with van der Waals surface area (Å²) in [6.07, 6.45) is 2.88. The molecular formula is C18H23NO2. The van der Waals surface area contributed by atoms with E-state index in [0.717, 1.165) is 30.4 Å². The second-order valence-electron chi connectivity index (χ2n) is 5.87. The van der Waals surface area contributed by atoms with Gasteiger partial charge >= 0.3 is 0 Å².